The van der Waals surface area contributed by atoms with E-state index in [2.05, 4.69) is 10.6 Å². The van der Waals surface area contributed by atoms with Crippen LogP contribution in [0.4, 0.5) is 0 Å². The van der Waals surface area contributed by atoms with Crippen LogP contribution in [-0.2, 0) is 63.3 Å². The van der Waals surface area contributed by atoms with E-state index in [-0.39, 0.29) is 51.5 Å². The number of hydrogen-bond donors (Lipinski definition) is 3. The maximum absolute atomic E-state index is 14.3. The van der Waals surface area contributed by atoms with Gasteiger partial charge in [-0.05, 0) is 60.0 Å². The SMILES string of the molecule is COCCOCCOCCOc1ccc2c(c1)OCCOCCOCCOCCOc1ccc(C(=O)NC(c3ccc(CCC(=O)NCCOCCOCCN)cc3)c3ccc(OC)cc3OC)cc1OCCOCCOCCOCCO2. The van der Waals surface area contributed by atoms with E-state index in [0.717, 1.165) is 11.1 Å². The largest absolute Gasteiger partial charge is 0.497 e. The van der Waals surface area contributed by atoms with E-state index in [1.54, 1.807) is 57.7 Å². The first-order valence-electron chi connectivity index (χ1n) is 28.2. The van der Waals surface area contributed by atoms with Gasteiger partial charge >= 0.3 is 0 Å². The third kappa shape index (κ3) is 28.4. The normalized spacial score (nSPS) is 15.3. The van der Waals surface area contributed by atoms with Crippen LogP contribution < -0.4 is 49.5 Å². The van der Waals surface area contributed by atoms with Crippen molar-refractivity contribution in [2.45, 2.75) is 18.9 Å². The Morgan fingerprint density at radius 2 is 0.988 bits per heavy atom. The predicted octanol–water partition coefficient (Wildman–Crippen LogP) is 4.65. The molecule has 0 saturated heterocycles. The molecule has 0 aromatic heterocycles. The van der Waals surface area contributed by atoms with Crippen LogP contribution >= 0.6 is 0 Å². The average molecular weight is 1170 g/mol. The molecule has 462 valence electrons. The lowest BCUT2D eigenvalue weighted by atomic mass is 9.95. The zero-order valence-corrected chi connectivity index (χ0v) is 48.5. The van der Waals surface area contributed by atoms with E-state index in [1.807, 2.05) is 42.5 Å². The molecule has 0 radical (unpaired) electrons. The lowest BCUT2D eigenvalue weighted by Crippen LogP contribution is -2.30. The number of nitrogens with two attached hydrogens (primary N) is 1. The number of rotatable bonds is 27. The summed E-state index contributed by atoms with van der Waals surface area (Å²) in [4.78, 5) is 27.0. The highest BCUT2D eigenvalue weighted by Crippen LogP contribution is 2.35. The monoisotopic (exact) mass is 1170 g/mol. The van der Waals surface area contributed by atoms with Crippen molar-refractivity contribution in [1.29, 1.82) is 0 Å². The molecule has 23 nitrogen and oxygen atoms in total. The molecule has 0 aliphatic carbocycles. The molecule has 1 heterocycles. The average Bonchev–Trinajstić information content (AvgIpc) is 3.61. The minimum absolute atomic E-state index is 0.0850. The fourth-order valence-corrected chi connectivity index (χ4v) is 7.80. The van der Waals surface area contributed by atoms with Crippen LogP contribution in [0.3, 0.4) is 0 Å². The van der Waals surface area contributed by atoms with Crippen molar-refractivity contribution in [1.82, 2.24) is 10.6 Å². The quantitative estimate of drug-likeness (QED) is 0.0687. The standard InChI is InChI=1S/C60H87N3O20/c1-66-20-21-71-24-29-74-34-39-79-51-11-14-54-57(46-51)83-43-38-78-33-28-73-25-30-75-35-40-80-53-13-9-49(44-56(53)82-42-37-77-32-27-72-26-31-76-36-41-81-54)60(65)63-59(52-12-10-50(67-2)45-55(52)68-3)48-7-4-47(5-8-48)6-15-58(64)62-17-19-70-23-22-69-18-16-61/h4-5,7-14,44-46,59H,6,15-43,61H2,1-3H3,(H,62,64)(H,63,65). The molecule has 1 atom stereocenters. The molecular formula is C60H87N3O20. The Balaban J connectivity index is 1.14. The number of fused-ring (bicyclic) bond motifs is 2. The molecule has 1 aliphatic rings. The van der Waals surface area contributed by atoms with Gasteiger partial charge in [0, 0.05) is 49.9 Å². The van der Waals surface area contributed by atoms with Crippen molar-refractivity contribution in [2.24, 2.45) is 5.73 Å². The molecule has 0 spiro atoms. The van der Waals surface area contributed by atoms with Crippen LogP contribution in [0.5, 0.6) is 40.2 Å². The molecule has 23 heteroatoms. The van der Waals surface area contributed by atoms with Crippen LogP contribution in [0.15, 0.2) is 78.9 Å². The summed E-state index contributed by atoms with van der Waals surface area (Å²) < 4.78 is 103. The Hall–Kier alpha value is -6.06. The van der Waals surface area contributed by atoms with Gasteiger partial charge in [0.2, 0.25) is 5.91 Å². The van der Waals surface area contributed by atoms with Crippen LogP contribution in [0, 0.1) is 0 Å². The van der Waals surface area contributed by atoms with E-state index >= 15 is 0 Å². The summed E-state index contributed by atoms with van der Waals surface area (Å²) in [5.74, 6) is 3.06. The second-order valence-corrected chi connectivity index (χ2v) is 18.0. The van der Waals surface area contributed by atoms with Gasteiger partial charge in [0.25, 0.3) is 5.91 Å². The van der Waals surface area contributed by atoms with Crippen molar-refractivity contribution in [2.75, 3.05) is 206 Å². The third-order valence-electron chi connectivity index (χ3n) is 12.0. The summed E-state index contributed by atoms with van der Waals surface area (Å²) in [6.07, 6.45) is 0.809. The van der Waals surface area contributed by atoms with Gasteiger partial charge in [0.15, 0.2) is 23.0 Å². The van der Waals surface area contributed by atoms with E-state index in [1.165, 1.54) is 0 Å². The predicted molar refractivity (Wildman–Crippen MR) is 306 cm³/mol. The number of carbonyl (C=O) groups excluding carboxylic acids is 2. The number of carbonyl (C=O) groups is 2. The fraction of sp³-hybridized carbons (Fsp3) is 0.567. The molecule has 4 N–H and O–H groups in total. The topological polar surface area (TPSA) is 250 Å². The van der Waals surface area contributed by atoms with Crippen molar-refractivity contribution >= 4 is 11.8 Å². The summed E-state index contributed by atoms with van der Waals surface area (Å²) >= 11 is 0. The molecular weight excluding hydrogens is 1080 g/mol. The van der Waals surface area contributed by atoms with Crippen LogP contribution in [0.25, 0.3) is 0 Å². The minimum atomic E-state index is -0.657. The molecule has 0 saturated carbocycles. The minimum Gasteiger partial charge on any atom is -0.497 e. The maximum atomic E-state index is 14.3. The number of amides is 2. The zero-order chi connectivity index (χ0) is 58.6. The van der Waals surface area contributed by atoms with E-state index in [0.29, 0.717) is 209 Å². The Morgan fingerprint density at radius 1 is 0.494 bits per heavy atom. The molecule has 5 rings (SSSR count). The third-order valence-corrected chi connectivity index (χ3v) is 12.0. The Kier molecular flexibility index (Phi) is 35.6. The molecule has 4 aromatic carbocycles. The number of hydrogen-bond acceptors (Lipinski definition) is 21. The Morgan fingerprint density at radius 3 is 1.54 bits per heavy atom. The number of aryl methyl sites for hydroxylation is 1. The van der Waals surface area contributed by atoms with Gasteiger partial charge in [0.1, 0.15) is 50.3 Å². The number of methoxy groups -OCH3 is 3. The lowest BCUT2D eigenvalue weighted by molar-refractivity contribution is -0.121. The first-order chi connectivity index (χ1) is 40.9. The van der Waals surface area contributed by atoms with Gasteiger partial charge in [-0.1, -0.05) is 24.3 Å². The summed E-state index contributed by atoms with van der Waals surface area (Å²) in [7, 11) is 4.77. The van der Waals surface area contributed by atoms with E-state index in [9.17, 15) is 9.59 Å². The fourth-order valence-electron chi connectivity index (χ4n) is 7.80. The van der Waals surface area contributed by atoms with Crippen molar-refractivity contribution in [3.63, 3.8) is 0 Å². The van der Waals surface area contributed by atoms with Crippen molar-refractivity contribution < 1.29 is 94.9 Å². The summed E-state index contributed by atoms with van der Waals surface area (Å²) in [5.41, 5.74) is 8.18. The highest BCUT2D eigenvalue weighted by atomic mass is 16.6. The van der Waals surface area contributed by atoms with Crippen LogP contribution in [-0.4, -0.2) is 218 Å². The summed E-state index contributed by atoms with van der Waals surface area (Å²) in [6.45, 7) is 10.2. The molecule has 0 fully saturated rings. The molecule has 1 aliphatic heterocycles. The highest BCUT2D eigenvalue weighted by Gasteiger charge is 2.24. The van der Waals surface area contributed by atoms with Gasteiger partial charge < -0.3 is 102 Å². The summed E-state index contributed by atoms with van der Waals surface area (Å²) in [5, 5.41) is 6.11. The summed E-state index contributed by atoms with van der Waals surface area (Å²) in [6, 6.07) is 22.9. The van der Waals surface area contributed by atoms with Gasteiger partial charge in [-0.25, -0.2) is 0 Å². The van der Waals surface area contributed by atoms with E-state index < -0.39 is 6.04 Å². The highest BCUT2D eigenvalue weighted by molar-refractivity contribution is 5.95. The second kappa shape index (κ2) is 43.6. The zero-order valence-electron chi connectivity index (χ0n) is 48.5. The second-order valence-electron chi connectivity index (χ2n) is 18.0. The number of nitrogens with one attached hydrogen (secondary N) is 2. The first-order valence-corrected chi connectivity index (χ1v) is 28.2. The van der Waals surface area contributed by atoms with E-state index in [4.69, 9.17) is 91.0 Å². The smallest absolute Gasteiger partial charge is 0.252 e. The van der Waals surface area contributed by atoms with Gasteiger partial charge in [-0.15, -0.1) is 0 Å². The van der Waals surface area contributed by atoms with Crippen LogP contribution in [0.1, 0.15) is 39.5 Å². The van der Waals surface area contributed by atoms with Gasteiger partial charge in [-0.3, -0.25) is 9.59 Å². The number of ether oxygens (including phenoxy) is 18. The Bertz CT molecular complexity index is 2350. The molecule has 2 amide bonds. The lowest BCUT2D eigenvalue weighted by Gasteiger charge is -2.23. The van der Waals surface area contributed by atoms with Crippen LogP contribution in [0.2, 0.25) is 0 Å². The molecule has 4 aromatic rings. The van der Waals surface area contributed by atoms with Gasteiger partial charge in [0.05, 0.1) is 159 Å². The Labute approximate surface area is 488 Å². The van der Waals surface area contributed by atoms with Crippen molar-refractivity contribution in [3.05, 3.63) is 101 Å². The molecule has 83 heavy (non-hydrogen) atoms. The number of benzene rings is 4. The molecule has 0 bridgehead atoms. The first kappa shape index (κ1) is 67.7. The van der Waals surface area contributed by atoms with Gasteiger partial charge in [-0.2, -0.15) is 0 Å². The maximum Gasteiger partial charge on any atom is 0.252 e. The van der Waals surface area contributed by atoms with Crippen molar-refractivity contribution in [3.8, 4) is 40.2 Å². The molecule has 1 unspecified atom stereocenters.